The van der Waals surface area contributed by atoms with Gasteiger partial charge in [0.25, 0.3) is 15.9 Å². The van der Waals surface area contributed by atoms with Gasteiger partial charge in [0.15, 0.2) is 11.5 Å². The minimum atomic E-state index is -4.15. The number of fused-ring (bicyclic) bond motifs is 1. The molecule has 0 saturated heterocycles. The molecule has 0 spiro atoms. The third-order valence-electron chi connectivity index (χ3n) is 2.95. The van der Waals surface area contributed by atoms with Crippen LogP contribution in [0.4, 0.5) is 0 Å². The van der Waals surface area contributed by atoms with E-state index in [0.717, 1.165) is 11.3 Å². The summed E-state index contributed by atoms with van der Waals surface area (Å²) in [6.45, 7) is 0.634. The van der Waals surface area contributed by atoms with Crippen LogP contribution in [0.1, 0.15) is 10.4 Å². The molecule has 3 rings (SSSR count). The minimum absolute atomic E-state index is 0.0232. The number of amides is 1. The van der Waals surface area contributed by atoms with Crippen molar-refractivity contribution in [3.05, 3.63) is 38.5 Å². The fraction of sp³-hybridized carbons (Fsp3) is 0.154. The first-order valence-electron chi connectivity index (χ1n) is 6.29. The molecule has 0 aliphatic carbocycles. The molecule has 1 aliphatic heterocycles. The molecular weight excluding hydrogens is 385 g/mol. The highest BCUT2D eigenvalue weighted by molar-refractivity contribution is 7.90. The van der Waals surface area contributed by atoms with E-state index in [4.69, 9.17) is 32.7 Å². The van der Waals surface area contributed by atoms with Crippen LogP contribution in [0, 0.1) is 0 Å². The van der Waals surface area contributed by atoms with Gasteiger partial charge in [-0.25, -0.2) is 13.1 Å². The molecule has 0 unspecified atom stereocenters. The third kappa shape index (κ3) is 3.25. The Balaban J connectivity index is 1.92. The number of rotatable bonds is 3. The number of carbonyl (C=O) groups excluding carboxylic acids is 1. The van der Waals surface area contributed by atoms with Crippen LogP contribution < -0.4 is 14.2 Å². The van der Waals surface area contributed by atoms with Crippen LogP contribution in [0.5, 0.6) is 11.5 Å². The molecule has 2 heterocycles. The lowest BCUT2D eigenvalue weighted by Gasteiger charge is -2.20. The van der Waals surface area contributed by atoms with Gasteiger partial charge >= 0.3 is 0 Å². The van der Waals surface area contributed by atoms with Crippen molar-refractivity contribution in [1.82, 2.24) is 4.72 Å². The molecule has 122 valence electrons. The van der Waals surface area contributed by atoms with Crippen LogP contribution >= 0.6 is 34.5 Å². The van der Waals surface area contributed by atoms with Gasteiger partial charge in [0.2, 0.25) is 0 Å². The van der Waals surface area contributed by atoms with E-state index in [9.17, 15) is 13.2 Å². The molecule has 1 aliphatic rings. The van der Waals surface area contributed by atoms with Gasteiger partial charge in [0.05, 0.1) is 9.90 Å². The molecule has 0 radical (unpaired) electrons. The summed E-state index contributed by atoms with van der Waals surface area (Å²) in [5, 5.41) is 0. The number of hydrogen-bond acceptors (Lipinski definition) is 6. The first-order valence-corrected chi connectivity index (χ1v) is 9.34. The predicted molar refractivity (Wildman–Crippen MR) is 86.4 cm³/mol. The topological polar surface area (TPSA) is 81.7 Å². The molecule has 1 amide bonds. The molecule has 6 nitrogen and oxygen atoms in total. The Morgan fingerprint density at radius 3 is 2.65 bits per heavy atom. The fourth-order valence-electron chi connectivity index (χ4n) is 1.99. The maximum absolute atomic E-state index is 12.3. The van der Waals surface area contributed by atoms with Crippen molar-refractivity contribution in [2.75, 3.05) is 13.2 Å². The Kier molecular flexibility index (Phi) is 4.41. The zero-order valence-corrected chi connectivity index (χ0v) is 14.5. The number of para-hydroxylation sites is 1. The number of thiophene rings is 1. The minimum Gasteiger partial charge on any atom is -0.486 e. The van der Waals surface area contributed by atoms with Gasteiger partial charge < -0.3 is 9.47 Å². The summed E-state index contributed by atoms with van der Waals surface area (Å²) >= 11 is 12.5. The summed E-state index contributed by atoms with van der Waals surface area (Å²) in [5.41, 5.74) is 0.0585. The second-order valence-corrected chi connectivity index (χ2v) is 8.39. The predicted octanol–water partition coefficient (Wildman–Crippen LogP) is 2.94. The largest absolute Gasteiger partial charge is 0.486 e. The molecule has 0 bridgehead atoms. The van der Waals surface area contributed by atoms with E-state index < -0.39 is 15.9 Å². The van der Waals surface area contributed by atoms with Gasteiger partial charge in [-0.1, -0.05) is 29.3 Å². The zero-order valence-electron chi connectivity index (χ0n) is 11.3. The van der Waals surface area contributed by atoms with Crippen molar-refractivity contribution in [1.29, 1.82) is 0 Å². The molecule has 0 saturated carbocycles. The first-order chi connectivity index (χ1) is 10.9. The molecule has 0 atom stereocenters. The lowest BCUT2D eigenvalue weighted by molar-refractivity contribution is 0.0970. The second-order valence-electron chi connectivity index (χ2n) is 4.45. The van der Waals surface area contributed by atoms with Crippen molar-refractivity contribution >= 4 is 50.5 Å². The summed E-state index contributed by atoms with van der Waals surface area (Å²) in [6.07, 6.45) is 0. The Labute approximate surface area is 146 Å². The monoisotopic (exact) mass is 393 g/mol. The SMILES string of the molecule is O=C(NS(=O)(=O)c1cc(Cl)sc1Cl)c1cccc2c1OCCO2. The second kappa shape index (κ2) is 6.20. The Hall–Kier alpha value is -1.48. The van der Waals surface area contributed by atoms with Crippen LogP contribution in [0.2, 0.25) is 8.67 Å². The Morgan fingerprint density at radius 2 is 1.96 bits per heavy atom. The summed E-state index contributed by atoms with van der Waals surface area (Å²) < 4.78 is 37.5. The third-order valence-corrected chi connectivity index (χ3v) is 6.04. The fourth-order valence-corrected chi connectivity index (χ4v) is 5.11. The van der Waals surface area contributed by atoms with Gasteiger partial charge in [-0.3, -0.25) is 4.79 Å². The summed E-state index contributed by atoms with van der Waals surface area (Å²) in [5.74, 6) is -0.246. The van der Waals surface area contributed by atoms with E-state index >= 15 is 0 Å². The van der Waals surface area contributed by atoms with E-state index in [1.807, 2.05) is 4.72 Å². The van der Waals surface area contributed by atoms with Crippen LogP contribution in [0.25, 0.3) is 0 Å². The first kappa shape index (κ1) is 16.4. The van der Waals surface area contributed by atoms with Crippen molar-refractivity contribution in [3.8, 4) is 11.5 Å². The van der Waals surface area contributed by atoms with E-state index in [0.29, 0.717) is 12.4 Å². The quantitative estimate of drug-likeness (QED) is 0.866. The van der Waals surface area contributed by atoms with Crippen molar-refractivity contribution in [2.45, 2.75) is 4.90 Å². The smallest absolute Gasteiger partial charge is 0.268 e. The van der Waals surface area contributed by atoms with E-state index in [1.54, 1.807) is 12.1 Å². The molecule has 2 aromatic rings. The number of carbonyl (C=O) groups is 1. The normalized spacial score (nSPS) is 13.7. The number of nitrogens with one attached hydrogen (secondary N) is 1. The molecule has 1 aromatic carbocycles. The molecular formula is C13H9Cl2NO5S2. The number of halogens is 2. The number of ether oxygens (including phenoxy) is 2. The lowest BCUT2D eigenvalue weighted by atomic mass is 10.1. The summed E-state index contributed by atoms with van der Waals surface area (Å²) in [6, 6.07) is 5.84. The molecule has 0 fully saturated rings. The standard InChI is InChI=1S/C13H9Cl2NO5S2/c14-10-6-9(12(15)22-10)23(18,19)16-13(17)7-2-1-3-8-11(7)21-5-4-20-8/h1-3,6H,4-5H2,(H,16,17). The molecule has 1 N–H and O–H groups in total. The van der Waals surface area contributed by atoms with Gasteiger partial charge in [0, 0.05) is 0 Å². The van der Waals surface area contributed by atoms with Gasteiger partial charge in [0.1, 0.15) is 22.4 Å². The van der Waals surface area contributed by atoms with Crippen LogP contribution in [0.3, 0.4) is 0 Å². The summed E-state index contributed by atoms with van der Waals surface area (Å²) in [7, 11) is -4.15. The average molecular weight is 394 g/mol. The van der Waals surface area contributed by atoms with E-state index in [1.165, 1.54) is 12.1 Å². The van der Waals surface area contributed by atoms with Crippen LogP contribution in [-0.4, -0.2) is 27.5 Å². The van der Waals surface area contributed by atoms with E-state index in [2.05, 4.69) is 0 Å². The molecule has 10 heteroatoms. The maximum Gasteiger partial charge on any atom is 0.268 e. The number of hydrogen-bond donors (Lipinski definition) is 1. The highest BCUT2D eigenvalue weighted by Crippen LogP contribution is 2.36. The van der Waals surface area contributed by atoms with Crippen LogP contribution in [0.15, 0.2) is 29.2 Å². The van der Waals surface area contributed by atoms with Crippen LogP contribution in [-0.2, 0) is 10.0 Å². The Bertz CT molecular complexity index is 878. The summed E-state index contributed by atoms with van der Waals surface area (Å²) in [4.78, 5) is 12.1. The van der Waals surface area contributed by atoms with Gasteiger partial charge in [-0.2, -0.15) is 0 Å². The van der Waals surface area contributed by atoms with E-state index in [-0.39, 0.29) is 31.5 Å². The molecule has 1 aromatic heterocycles. The number of benzene rings is 1. The van der Waals surface area contributed by atoms with Gasteiger partial charge in [-0.15, -0.1) is 11.3 Å². The van der Waals surface area contributed by atoms with Crippen molar-refractivity contribution in [2.24, 2.45) is 0 Å². The Morgan fingerprint density at radius 1 is 1.22 bits per heavy atom. The number of sulfonamides is 1. The maximum atomic E-state index is 12.3. The highest BCUT2D eigenvalue weighted by atomic mass is 35.5. The molecule has 23 heavy (non-hydrogen) atoms. The van der Waals surface area contributed by atoms with Gasteiger partial charge in [-0.05, 0) is 18.2 Å². The average Bonchev–Trinajstić information content (AvgIpc) is 2.86. The zero-order chi connectivity index (χ0) is 16.6. The van der Waals surface area contributed by atoms with Crippen molar-refractivity contribution < 1.29 is 22.7 Å². The van der Waals surface area contributed by atoms with Crippen molar-refractivity contribution in [3.63, 3.8) is 0 Å². The lowest BCUT2D eigenvalue weighted by Crippen LogP contribution is -2.31. The highest BCUT2D eigenvalue weighted by Gasteiger charge is 2.27.